The van der Waals surface area contributed by atoms with E-state index >= 15 is 0 Å². The highest BCUT2D eigenvalue weighted by atomic mass is 16.5. The van der Waals surface area contributed by atoms with Crippen LogP contribution in [-0.4, -0.2) is 15.3 Å². The Kier molecular flexibility index (Phi) is 3.10. The average molecular weight is 262 g/mol. The molecule has 2 aromatic heterocycles. The molecule has 0 aromatic carbocycles. The lowest BCUT2D eigenvalue weighted by Crippen LogP contribution is -2.37. The van der Waals surface area contributed by atoms with Crippen LogP contribution in [0.15, 0.2) is 15.2 Å². The van der Waals surface area contributed by atoms with E-state index in [1.54, 1.807) is 6.20 Å². The van der Waals surface area contributed by atoms with Crippen LogP contribution in [0.3, 0.4) is 0 Å². The predicted octanol–water partition coefficient (Wildman–Crippen LogP) is 2.54. The molecule has 2 N–H and O–H groups in total. The molecular weight excluding hydrogens is 244 g/mol. The molecule has 19 heavy (non-hydrogen) atoms. The van der Waals surface area contributed by atoms with Gasteiger partial charge in [0.1, 0.15) is 11.3 Å². The molecule has 0 unspecified atom stereocenters. The number of hydrogen-bond acceptors (Lipinski definition) is 6. The van der Waals surface area contributed by atoms with Crippen molar-refractivity contribution in [3.63, 3.8) is 0 Å². The molecule has 1 fully saturated rings. The highest BCUT2D eigenvalue weighted by Crippen LogP contribution is 2.33. The molecule has 1 aliphatic carbocycles. The zero-order valence-electron chi connectivity index (χ0n) is 11.1. The quantitative estimate of drug-likeness (QED) is 0.836. The minimum Gasteiger partial charge on any atom is -0.361 e. The van der Waals surface area contributed by atoms with Crippen molar-refractivity contribution >= 4 is 0 Å². The van der Waals surface area contributed by atoms with E-state index in [-0.39, 0.29) is 0 Å². The number of aromatic nitrogens is 3. The second-order valence-electron chi connectivity index (χ2n) is 5.29. The second-order valence-corrected chi connectivity index (χ2v) is 5.29. The van der Waals surface area contributed by atoms with E-state index in [1.807, 2.05) is 6.92 Å². The van der Waals surface area contributed by atoms with Gasteiger partial charge in [0, 0.05) is 0 Å². The number of nitrogens with two attached hydrogens (primary N) is 1. The van der Waals surface area contributed by atoms with Crippen LogP contribution in [0.5, 0.6) is 0 Å². The second kappa shape index (κ2) is 4.77. The standard InChI is InChI=1S/C13H18N4O2/c1-9-10(8-15-18-9)11-16-12(17-19-11)13(14)6-4-2-3-5-7-13/h8H,2-7,14H2,1H3. The summed E-state index contributed by atoms with van der Waals surface area (Å²) in [5.74, 6) is 1.70. The predicted molar refractivity (Wildman–Crippen MR) is 68.1 cm³/mol. The van der Waals surface area contributed by atoms with Crippen LogP contribution in [0, 0.1) is 6.92 Å². The summed E-state index contributed by atoms with van der Waals surface area (Å²) in [6, 6.07) is 0. The molecule has 0 atom stereocenters. The molecule has 6 nitrogen and oxygen atoms in total. The van der Waals surface area contributed by atoms with Crippen molar-refractivity contribution in [3.8, 4) is 11.5 Å². The van der Waals surface area contributed by atoms with Gasteiger partial charge in [-0.2, -0.15) is 4.98 Å². The molecule has 1 aliphatic rings. The minimum atomic E-state index is -0.455. The molecule has 0 amide bonds. The third-order valence-electron chi connectivity index (χ3n) is 3.85. The van der Waals surface area contributed by atoms with Crippen LogP contribution < -0.4 is 5.73 Å². The summed E-state index contributed by atoms with van der Waals surface area (Å²) in [5, 5.41) is 7.79. The highest BCUT2D eigenvalue weighted by molar-refractivity contribution is 5.53. The Morgan fingerprint density at radius 3 is 2.53 bits per heavy atom. The lowest BCUT2D eigenvalue weighted by molar-refractivity contribution is 0.334. The summed E-state index contributed by atoms with van der Waals surface area (Å²) in [6.45, 7) is 1.82. The molecule has 0 bridgehead atoms. The summed E-state index contributed by atoms with van der Waals surface area (Å²) in [7, 11) is 0. The molecule has 1 saturated carbocycles. The lowest BCUT2D eigenvalue weighted by atomic mass is 9.91. The van der Waals surface area contributed by atoms with Crippen LogP contribution >= 0.6 is 0 Å². The van der Waals surface area contributed by atoms with Gasteiger partial charge in [-0.1, -0.05) is 36.0 Å². The van der Waals surface area contributed by atoms with E-state index < -0.39 is 5.54 Å². The van der Waals surface area contributed by atoms with Crippen molar-refractivity contribution in [2.75, 3.05) is 0 Å². The Bertz CT molecular complexity index is 552. The van der Waals surface area contributed by atoms with Crippen LogP contribution in [0.2, 0.25) is 0 Å². The maximum Gasteiger partial charge on any atom is 0.263 e. The molecule has 0 radical (unpaired) electrons. The van der Waals surface area contributed by atoms with Crippen molar-refractivity contribution in [1.82, 2.24) is 15.3 Å². The Morgan fingerprint density at radius 1 is 1.16 bits per heavy atom. The third-order valence-corrected chi connectivity index (χ3v) is 3.85. The summed E-state index contributed by atoms with van der Waals surface area (Å²) in [6.07, 6.45) is 8.11. The molecule has 0 saturated heterocycles. The summed E-state index contributed by atoms with van der Waals surface area (Å²) >= 11 is 0. The van der Waals surface area contributed by atoms with Crippen LogP contribution in [-0.2, 0) is 5.54 Å². The fraction of sp³-hybridized carbons (Fsp3) is 0.615. The zero-order chi connectivity index (χ0) is 13.3. The maximum absolute atomic E-state index is 6.46. The van der Waals surface area contributed by atoms with Gasteiger partial charge in [-0.15, -0.1) is 0 Å². The van der Waals surface area contributed by atoms with Crippen molar-refractivity contribution in [2.24, 2.45) is 5.73 Å². The van der Waals surface area contributed by atoms with E-state index in [4.69, 9.17) is 14.8 Å². The summed E-state index contributed by atoms with van der Waals surface area (Å²) in [5.41, 5.74) is 6.74. The molecule has 102 valence electrons. The molecule has 2 aromatic rings. The summed E-state index contributed by atoms with van der Waals surface area (Å²) < 4.78 is 10.3. The smallest absolute Gasteiger partial charge is 0.263 e. The van der Waals surface area contributed by atoms with Gasteiger partial charge in [-0.05, 0) is 19.8 Å². The SMILES string of the molecule is Cc1oncc1-c1nc(C2(N)CCCCCC2)no1. The van der Waals surface area contributed by atoms with Gasteiger partial charge in [0.05, 0.1) is 11.7 Å². The van der Waals surface area contributed by atoms with Crippen LogP contribution in [0.25, 0.3) is 11.5 Å². The molecule has 0 spiro atoms. The first-order valence-electron chi connectivity index (χ1n) is 6.74. The molecule has 0 aliphatic heterocycles. The monoisotopic (exact) mass is 262 g/mol. The van der Waals surface area contributed by atoms with Crippen molar-refractivity contribution < 1.29 is 9.05 Å². The number of rotatable bonds is 2. The number of hydrogen-bond donors (Lipinski definition) is 1. The molecule has 3 rings (SSSR count). The number of nitrogens with zero attached hydrogens (tertiary/aromatic N) is 3. The summed E-state index contributed by atoms with van der Waals surface area (Å²) in [4.78, 5) is 4.45. The van der Waals surface area contributed by atoms with Gasteiger partial charge < -0.3 is 14.8 Å². The molecule has 2 heterocycles. The fourth-order valence-corrected chi connectivity index (χ4v) is 2.62. The Hall–Kier alpha value is -1.69. The first kappa shape index (κ1) is 12.3. The van der Waals surface area contributed by atoms with Gasteiger partial charge in [0.25, 0.3) is 5.89 Å². The lowest BCUT2D eigenvalue weighted by Gasteiger charge is -2.23. The zero-order valence-corrected chi connectivity index (χ0v) is 11.1. The fourth-order valence-electron chi connectivity index (χ4n) is 2.62. The largest absolute Gasteiger partial charge is 0.361 e. The number of aryl methyl sites for hydroxylation is 1. The maximum atomic E-state index is 6.46. The average Bonchev–Trinajstić information content (AvgIpc) is 2.97. The van der Waals surface area contributed by atoms with Crippen molar-refractivity contribution in [3.05, 3.63) is 17.8 Å². The van der Waals surface area contributed by atoms with E-state index in [0.29, 0.717) is 17.5 Å². The Morgan fingerprint density at radius 2 is 1.89 bits per heavy atom. The topological polar surface area (TPSA) is 91.0 Å². The van der Waals surface area contributed by atoms with Crippen LogP contribution in [0.4, 0.5) is 0 Å². The Balaban J connectivity index is 1.90. The molecule has 6 heteroatoms. The van der Waals surface area contributed by atoms with Crippen LogP contribution in [0.1, 0.15) is 50.1 Å². The van der Waals surface area contributed by atoms with Gasteiger partial charge in [-0.25, -0.2) is 0 Å². The Labute approximate surface area is 111 Å². The van der Waals surface area contributed by atoms with E-state index in [0.717, 1.165) is 31.2 Å². The van der Waals surface area contributed by atoms with Crippen molar-refractivity contribution in [1.29, 1.82) is 0 Å². The van der Waals surface area contributed by atoms with Gasteiger partial charge in [0.2, 0.25) is 0 Å². The van der Waals surface area contributed by atoms with Gasteiger partial charge >= 0.3 is 0 Å². The third kappa shape index (κ3) is 2.28. The first-order valence-corrected chi connectivity index (χ1v) is 6.74. The van der Waals surface area contributed by atoms with Crippen molar-refractivity contribution in [2.45, 2.75) is 51.0 Å². The minimum absolute atomic E-state index is 0.433. The van der Waals surface area contributed by atoms with E-state index in [9.17, 15) is 0 Å². The molecular formula is C13H18N4O2. The first-order chi connectivity index (χ1) is 9.19. The van der Waals surface area contributed by atoms with Gasteiger partial charge in [-0.3, -0.25) is 0 Å². The highest BCUT2D eigenvalue weighted by Gasteiger charge is 2.33. The van der Waals surface area contributed by atoms with Gasteiger partial charge in [0.15, 0.2) is 5.82 Å². The normalized spacial score (nSPS) is 19.3. The van der Waals surface area contributed by atoms with E-state index in [2.05, 4.69) is 15.3 Å². The van der Waals surface area contributed by atoms with E-state index in [1.165, 1.54) is 12.8 Å².